The Bertz CT molecular complexity index is 1090. The molecular weight excluding hydrogens is 409 g/mol. The van der Waals surface area contributed by atoms with Gasteiger partial charge in [0.25, 0.3) is 0 Å². The SMILES string of the molecule is CC(C)CC(=O)Nc1ccc(C(=O)COc2ccc(C(=O)c3ccc(F)cc3)cc2)cc1. The van der Waals surface area contributed by atoms with Gasteiger partial charge in [0.05, 0.1) is 0 Å². The zero-order chi connectivity index (χ0) is 23.1. The number of rotatable bonds is 9. The van der Waals surface area contributed by atoms with Crippen molar-refractivity contribution >= 4 is 23.2 Å². The first-order valence-corrected chi connectivity index (χ1v) is 10.3. The van der Waals surface area contributed by atoms with Crippen LogP contribution in [0.4, 0.5) is 10.1 Å². The number of halogens is 1. The van der Waals surface area contributed by atoms with Crippen molar-refractivity contribution in [2.75, 3.05) is 11.9 Å². The highest BCUT2D eigenvalue weighted by atomic mass is 19.1. The van der Waals surface area contributed by atoms with Crippen molar-refractivity contribution in [1.29, 1.82) is 0 Å². The smallest absolute Gasteiger partial charge is 0.224 e. The fourth-order valence-corrected chi connectivity index (χ4v) is 3.02. The van der Waals surface area contributed by atoms with Gasteiger partial charge in [0.2, 0.25) is 5.91 Å². The molecule has 0 aliphatic heterocycles. The summed E-state index contributed by atoms with van der Waals surface area (Å²) in [6.45, 7) is 3.78. The average molecular weight is 433 g/mol. The second kappa shape index (κ2) is 10.5. The van der Waals surface area contributed by atoms with E-state index in [2.05, 4.69) is 5.32 Å². The minimum absolute atomic E-state index is 0.0660. The molecule has 0 radical (unpaired) electrons. The van der Waals surface area contributed by atoms with Gasteiger partial charge in [-0.1, -0.05) is 13.8 Å². The van der Waals surface area contributed by atoms with Crippen molar-refractivity contribution in [3.63, 3.8) is 0 Å². The molecule has 0 saturated heterocycles. The highest BCUT2D eigenvalue weighted by Crippen LogP contribution is 2.17. The number of carbonyl (C=O) groups excluding carboxylic acids is 3. The van der Waals surface area contributed by atoms with Crippen LogP contribution in [0.25, 0.3) is 0 Å². The largest absolute Gasteiger partial charge is 0.485 e. The van der Waals surface area contributed by atoms with Crippen molar-refractivity contribution < 1.29 is 23.5 Å². The van der Waals surface area contributed by atoms with Crippen molar-refractivity contribution in [2.45, 2.75) is 20.3 Å². The summed E-state index contributed by atoms with van der Waals surface area (Å²) >= 11 is 0. The number of benzene rings is 3. The molecule has 0 aliphatic rings. The van der Waals surface area contributed by atoms with Crippen LogP contribution in [0.3, 0.4) is 0 Å². The quantitative estimate of drug-likeness (QED) is 0.465. The number of ether oxygens (including phenoxy) is 1. The van der Waals surface area contributed by atoms with Crippen LogP contribution in [0.5, 0.6) is 5.75 Å². The lowest BCUT2D eigenvalue weighted by molar-refractivity contribution is -0.116. The molecule has 0 unspecified atom stereocenters. The van der Waals surface area contributed by atoms with Gasteiger partial charge in [0, 0.05) is 28.8 Å². The minimum Gasteiger partial charge on any atom is -0.485 e. The second-order valence-electron chi connectivity index (χ2n) is 7.80. The first-order valence-electron chi connectivity index (χ1n) is 10.3. The number of Topliss-reactive ketones (excluding diaryl/α,β-unsaturated/α-hetero) is 1. The van der Waals surface area contributed by atoms with E-state index >= 15 is 0 Å². The summed E-state index contributed by atoms with van der Waals surface area (Å²) in [5, 5.41) is 2.80. The summed E-state index contributed by atoms with van der Waals surface area (Å²) in [5.74, 6) is -0.191. The second-order valence-corrected chi connectivity index (χ2v) is 7.80. The molecule has 1 amide bonds. The van der Waals surface area contributed by atoms with Gasteiger partial charge in [0.1, 0.15) is 11.6 Å². The van der Waals surface area contributed by atoms with Crippen LogP contribution in [0.2, 0.25) is 0 Å². The van der Waals surface area contributed by atoms with Crippen LogP contribution in [-0.4, -0.2) is 24.1 Å². The van der Waals surface area contributed by atoms with Crippen molar-refractivity contribution in [3.05, 3.63) is 95.3 Å². The molecule has 3 rings (SSSR count). The average Bonchev–Trinajstić information content (AvgIpc) is 2.78. The van der Waals surface area contributed by atoms with Gasteiger partial charge < -0.3 is 10.1 Å². The van der Waals surface area contributed by atoms with Gasteiger partial charge in [-0.05, 0) is 78.7 Å². The van der Waals surface area contributed by atoms with Gasteiger partial charge in [-0.3, -0.25) is 14.4 Å². The Morgan fingerprint density at radius 2 is 1.34 bits per heavy atom. The maximum Gasteiger partial charge on any atom is 0.224 e. The molecule has 0 bridgehead atoms. The monoisotopic (exact) mass is 433 g/mol. The van der Waals surface area contributed by atoms with Crippen LogP contribution in [-0.2, 0) is 4.79 Å². The summed E-state index contributed by atoms with van der Waals surface area (Å²) in [6, 6.07) is 18.4. The molecule has 164 valence electrons. The van der Waals surface area contributed by atoms with Gasteiger partial charge in [-0.15, -0.1) is 0 Å². The van der Waals surface area contributed by atoms with E-state index in [0.717, 1.165) is 0 Å². The Labute approximate surface area is 186 Å². The zero-order valence-electron chi connectivity index (χ0n) is 17.9. The van der Waals surface area contributed by atoms with Crippen LogP contribution in [0.1, 0.15) is 46.5 Å². The van der Waals surface area contributed by atoms with E-state index in [-0.39, 0.29) is 30.0 Å². The maximum atomic E-state index is 13.0. The predicted octanol–water partition coefficient (Wildman–Crippen LogP) is 5.30. The van der Waals surface area contributed by atoms with Gasteiger partial charge in [-0.2, -0.15) is 0 Å². The van der Waals surface area contributed by atoms with Gasteiger partial charge in [-0.25, -0.2) is 4.39 Å². The molecule has 3 aromatic carbocycles. The van der Waals surface area contributed by atoms with Crippen molar-refractivity contribution in [1.82, 2.24) is 0 Å². The van der Waals surface area contributed by atoms with E-state index in [1.165, 1.54) is 24.3 Å². The lowest BCUT2D eigenvalue weighted by Gasteiger charge is -2.09. The summed E-state index contributed by atoms with van der Waals surface area (Å²) in [4.78, 5) is 36.6. The lowest BCUT2D eigenvalue weighted by Crippen LogP contribution is -2.14. The Hall–Kier alpha value is -3.80. The Kier molecular flexibility index (Phi) is 7.49. The highest BCUT2D eigenvalue weighted by molar-refractivity contribution is 6.09. The van der Waals surface area contributed by atoms with E-state index in [4.69, 9.17) is 4.74 Å². The van der Waals surface area contributed by atoms with Crippen LogP contribution >= 0.6 is 0 Å². The molecule has 0 spiro atoms. The molecule has 3 aromatic rings. The Morgan fingerprint density at radius 1 is 0.812 bits per heavy atom. The third-order valence-corrected chi connectivity index (χ3v) is 4.68. The maximum absolute atomic E-state index is 13.0. The number of hydrogen-bond donors (Lipinski definition) is 1. The van der Waals surface area contributed by atoms with Crippen LogP contribution < -0.4 is 10.1 Å². The summed E-state index contributed by atoms with van der Waals surface area (Å²) < 4.78 is 18.6. The number of amides is 1. The fourth-order valence-electron chi connectivity index (χ4n) is 3.02. The molecule has 0 saturated carbocycles. The Morgan fingerprint density at radius 3 is 1.91 bits per heavy atom. The number of hydrogen-bond acceptors (Lipinski definition) is 4. The molecule has 0 atom stereocenters. The summed E-state index contributed by atoms with van der Waals surface area (Å²) in [6.07, 6.45) is 0.433. The minimum atomic E-state index is -0.402. The van der Waals surface area contributed by atoms with Gasteiger partial charge in [0.15, 0.2) is 18.2 Å². The molecule has 6 heteroatoms. The summed E-state index contributed by atoms with van der Waals surface area (Å²) in [7, 11) is 0. The fraction of sp³-hybridized carbons (Fsp3) is 0.192. The number of nitrogens with one attached hydrogen (secondary N) is 1. The number of anilines is 1. The van der Waals surface area contributed by atoms with Crippen molar-refractivity contribution in [3.8, 4) is 5.75 Å². The molecule has 5 nitrogen and oxygen atoms in total. The molecule has 32 heavy (non-hydrogen) atoms. The molecule has 1 N–H and O–H groups in total. The predicted molar refractivity (Wildman–Crippen MR) is 121 cm³/mol. The first-order chi connectivity index (χ1) is 15.3. The molecule has 0 heterocycles. The third kappa shape index (κ3) is 6.35. The van der Waals surface area contributed by atoms with Crippen molar-refractivity contribution in [2.24, 2.45) is 5.92 Å². The standard InChI is InChI=1S/C26H24FNO4/c1-17(2)15-25(30)28-22-11-5-18(6-12-22)24(29)16-32-23-13-7-20(8-14-23)26(31)19-3-9-21(27)10-4-19/h3-14,17H,15-16H2,1-2H3,(H,28,30). The normalized spacial score (nSPS) is 10.6. The molecule has 0 aromatic heterocycles. The zero-order valence-corrected chi connectivity index (χ0v) is 17.9. The topological polar surface area (TPSA) is 72.5 Å². The molecule has 0 fully saturated rings. The number of ketones is 2. The number of carbonyl (C=O) groups is 3. The van der Waals surface area contributed by atoms with E-state index in [9.17, 15) is 18.8 Å². The van der Waals surface area contributed by atoms with E-state index in [1.807, 2.05) is 13.8 Å². The van der Waals surface area contributed by atoms with Gasteiger partial charge >= 0.3 is 0 Å². The van der Waals surface area contributed by atoms with E-state index in [1.54, 1.807) is 48.5 Å². The first kappa shape index (κ1) is 22.9. The van der Waals surface area contributed by atoms with Crippen LogP contribution in [0.15, 0.2) is 72.8 Å². The van der Waals surface area contributed by atoms with E-state index in [0.29, 0.717) is 34.5 Å². The molecular formula is C26H24FNO4. The molecule has 0 aliphatic carbocycles. The Balaban J connectivity index is 1.54. The van der Waals surface area contributed by atoms with Crippen LogP contribution in [0, 0.1) is 11.7 Å². The lowest BCUT2D eigenvalue weighted by atomic mass is 10.0. The van der Waals surface area contributed by atoms with E-state index < -0.39 is 5.82 Å². The summed E-state index contributed by atoms with van der Waals surface area (Å²) in [5.41, 5.74) is 1.92. The highest BCUT2D eigenvalue weighted by Gasteiger charge is 2.11. The third-order valence-electron chi connectivity index (χ3n) is 4.68.